The van der Waals surface area contributed by atoms with Crippen LogP contribution in [0.3, 0.4) is 0 Å². The summed E-state index contributed by atoms with van der Waals surface area (Å²) in [5.41, 5.74) is -0.612. The van der Waals surface area contributed by atoms with Gasteiger partial charge >= 0.3 is 0 Å². The number of anilines is 1. The number of rotatable bonds is 4. The van der Waals surface area contributed by atoms with Crippen LogP contribution in [0.25, 0.3) is 5.76 Å². The van der Waals surface area contributed by atoms with Gasteiger partial charge in [0.25, 0.3) is 17.4 Å². The van der Waals surface area contributed by atoms with E-state index < -0.39 is 45.7 Å². The molecule has 4 rings (SSSR count). The maximum atomic E-state index is 14.6. The lowest BCUT2D eigenvalue weighted by molar-refractivity contribution is -0.384. The van der Waals surface area contributed by atoms with E-state index in [0.29, 0.717) is 5.56 Å². The molecule has 0 saturated carbocycles. The summed E-state index contributed by atoms with van der Waals surface area (Å²) in [6.45, 7) is 0. The Morgan fingerprint density at radius 3 is 2.25 bits per heavy atom. The Labute approximate surface area is 180 Å². The summed E-state index contributed by atoms with van der Waals surface area (Å²) in [5, 5.41) is 21.8. The van der Waals surface area contributed by atoms with Gasteiger partial charge in [-0.05, 0) is 29.8 Å². The molecule has 32 heavy (non-hydrogen) atoms. The quantitative estimate of drug-likeness (QED) is 0.213. The fraction of sp³-hybridized carbons (Fsp3) is 0.0435. The first-order valence-electron chi connectivity index (χ1n) is 9.35. The SMILES string of the molecule is O=C1C(=O)N(c2cc(F)ccc2F)C(c2ccccc2)/C1=C(\O)c1ccc([N+](=O)[O-])cc1. The van der Waals surface area contributed by atoms with Gasteiger partial charge < -0.3 is 5.11 Å². The van der Waals surface area contributed by atoms with Gasteiger partial charge in [-0.1, -0.05) is 30.3 Å². The molecule has 0 spiro atoms. The molecule has 1 saturated heterocycles. The molecule has 0 radical (unpaired) electrons. The van der Waals surface area contributed by atoms with Gasteiger partial charge in [0.1, 0.15) is 17.4 Å². The Morgan fingerprint density at radius 1 is 0.969 bits per heavy atom. The summed E-state index contributed by atoms with van der Waals surface area (Å²) in [5.74, 6) is -4.58. The van der Waals surface area contributed by atoms with E-state index in [4.69, 9.17) is 0 Å². The lowest BCUT2D eigenvalue weighted by atomic mass is 9.95. The molecule has 1 heterocycles. The zero-order valence-corrected chi connectivity index (χ0v) is 16.2. The molecule has 160 valence electrons. The number of Topliss-reactive ketones (excluding diaryl/α,β-unsaturated/α-hetero) is 1. The van der Waals surface area contributed by atoms with Crippen molar-refractivity contribution in [1.82, 2.24) is 0 Å². The van der Waals surface area contributed by atoms with Crippen molar-refractivity contribution in [2.75, 3.05) is 4.90 Å². The third-order valence-corrected chi connectivity index (χ3v) is 5.08. The highest BCUT2D eigenvalue weighted by atomic mass is 19.1. The van der Waals surface area contributed by atoms with Gasteiger partial charge in [-0.3, -0.25) is 24.6 Å². The van der Waals surface area contributed by atoms with E-state index in [0.717, 1.165) is 35.2 Å². The first kappa shape index (κ1) is 20.9. The van der Waals surface area contributed by atoms with E-state index in [9.17, 15) is 33.6 Å². The Balaban J connectivity index is 1.94. The average Bonchev–Trinajstić information content (AvgIpc) is 3.06. The van der Waals surface area contributed by atoms with Crippen molar-refractivity contribution in [3.05, 3.63) is 111 Å². The van der Waals surface area contributed by atoms with Crippen molar-refractivity contribution in [2.45, 2.75) is 6.04 Å². The van der Waals surface area contributed by atoms with E-state index in [1.54, 1.807) is 30.3 Å². The number of hydrogen-bond donors (Lipinski definition) is 1. The lowest BCUT2D eigenvalue weighted by Gasteiger charge is -2.25. The van der Waals surface area contributed by atoms with E-state index in [-0.39, 0.29) is 16.8 Å². The normalized spacial score (nSPS) is 17.6. The van der Waals surface area contributed by atoms with Gasteiger partial charge in [0, 0.05) is 23.8 Å². The number of halogens is 2. The Hall–Kier alpha value is -4.40. The number of ketones is 1. The molecule has 9 heteroatoms. The number of hydrogen-bond acceptors (Lipinski definition) is 5. The van der Waals surface area contributed by atoms with Gasteiger partial charge in [0.2, 0.25) is 0 Å². The van der Waals surface area contributed by atoms with Crippen LogP contribution in [0.4, 0.5) is 20.2 Å². The molecule has 1 amide bonds. The van der Waals surface area contributed by atoms with E-state index in [1.165, 1.54) is 12.1 Å². The molecule has 1 atom stereocenters. The van der Waals surface area contributed by atoms with Crippen LogP contribution in [0.2, 0.25) is 0 Å². The zero-order chi connectivity index (χ0) is 23.0. The molecular formula is C23H14F2N2O5. The highest BCUT2D eigenvalue weighted by Gasteiger charge is 2.47. The summed E-state index contributed by atoms with van der Waals surface area (Å²) in [7, 11) is 0. The van der Waals surface area contributed by atoms with Crippen molar-refractivity contribution in [1.29, 1.82) is 0 Å². The average molecular weight is 436 g/mol. The number of amides is 1. The van der Waals surface area contributed by atoms with E-state index >= 15 is 0 Å². The van der Waals surface area contributed by atoms with Gasteiger partial charge in [0.15, 0.2) is 0 Å². The molecule has 1 unspecified atom stereocenters. The number of nitrogens with zero attached hydrogens (tertiary/aromatic N) is 2. The minimum atomic E-state index is -1.25. The van der Waals surface area contributed by atoms with E-state index in [1.807, 2.05) is 0 Å². The number of carbonyl (C=O) groups excluding carboxylic acids is 2. The third-order valence-electron chi connectivity index (χ3n) is 5.08. The number of non-ortho nitro benzene ring substituents is 1. The summed E-state index contributed by atoms with van der Waals surface area (Å²) >= 11 is 0. The molecule has 7 nitrogen and oxygen atoms in total. The maximum absolute atomic E-state index is 14.6. The number of carbonyl (C=O) groups is 2. The number of aliphatic hydroxyl groups is 1. The van der Waals surface area contributed by atoms with Crippen LogP contribution in [0.1, 0.15) is 17.2 Å². The molecule has 3 aromatic carbocycles. The summed E-state index contributed by atoms with van der Waals surface area (Å²) in [4.78, 5) is 36.9. The second kappa shape index (κ2) is 8.03. The van der Waals surface area contributed by atoms with Gasteiger partial charge in [-0.2, -0.15) is 0 Å². The monoisotopic (exact) mass is 436 g/mol. The van der Waals surface area contributed by atoms with Crippen LogP contribution in [0.5, 0.6) is 0 Å². The van der Waals surface area contributed by atoms with Crippen LogP contribution in [0, 0.1) is 21.7 Å². The molecule has 0 bridgehead atoms. The predicted molar refractivity (Wildman–Crippen MR) is 111 cm³/mol. The zero-order valence-electron chi connectivity index (χ0n) is 16.2. The molecule has 1 aliphatic rings. The molecule has 1 aliphatic heterocycles. The fourth-order valence-corrected chi connectivity index (χ4v) is 3.60. The molecule has 3 aromatic rings. The molecular weight excluding hydrogens is 422 g/mol. The van der Waals surface area contributed by atoms with Gasteiger partial charge in [-0.25, -0.2) is 8.78 Å². The van der Waals surface area contributed by atoms with Crippen LogP contribution in [-0.4, -0.2) is 21.7 Å². The largest absolute Gasteiger partial charge is 0.507 e. The highest BCUT2D eigenvalue weighted by molar-refractivity contribution is 6.51. The Bertz CT molecular complexity index is 1270. The summed E-state index contributed by atoms with van der Waals surface area (Å²) in [6.07, 6.45) is 0. The lowest BCUT2D eigenvalue weighted by Crippen LogP contribution is -2.30. The van der Waals surface area contributed by atoms with Crippen LogP contribution >= 0.6 is 0 Å². The third kappa shape index (κ3) is 3.49. The van der Waals surface area contributed by atoms with Crippen molar-refractivity contribution < 1.29 is 28.4 Å². The van der Waals surface area contributed by atoms with Crippen LogP contribution in [-0.2, 0) is 9.59 Å². The first-order valence-corrected chi connectivity index (χ1v) is 9.35. The minimum Gasteiger partial charge on any atom is -0.507 e. The second-order valence-corrected chi connectivity index (χ2v) is 6.98. The molecule has 1 fully saturated rings. The molecule has 0 aliphatic carbocycles. The van der Waals surface area contributed by atoms with Crippen molar-refractivity contribution in [2.24, 2.45) is 0 Å². The first-order chi connectivity index (χ1) is 15.3. The smallest absolute Gasteiger partial charge is 0.300 e. The topological polar surface area (TPSA) is 101 Å². The maximum Gasteiger partial charge on any atom is 0.300 e. The predicted octanol–water partition coefficient (Wildman–Crippen LogP) is 4.50. The summed E-state index contributed by atoms with van der Waals surface area (Å²) < 4.78 is 28.4. The van der Waals surface area contributed by atoms with Crippen molar-refractivity contribution in [3.63, 3.8) is 0 Å². The fourth-order valence-electron chi connectivity index (χ4n) is 3.60. The number of aliphatic hydroxyl groups excluding tert-OH is 1. The van der Waals surface area contributed by atoms with Crippen molar-refractivity contribution >= 4 is 28.8 Å². The Kier molecular flexibility index (Phi) is 5.23. The number of benzene rings is 3. The minimum absolute atomic E-state index is 0.0502. The van der Waals surface area contributed by atoms with E-state index in [2.05, 4.69) is 0 Å². The molecule has 0 aromatic heterocycles. The highest BCUT2D eigenvalue weighted by Crippen LogP contribution is 2.43. The van der Waals surface area contributed by atoms with Gasteiger partial charge in [0.05, 0.1) is 22.2 Å². The standard InChI is InChI=1S/C23H14F2N2O5/c24-15-8-11-17(25)18(12-15)26-20(13-4-2-1-3-5-13)19(22(29)23(26)30)21(28)14-6-9-16(10-7-14)27(31)32/h1-12,20,28H/b21-19+. The summed E-state index contributed by atoms with van der Waals surface area (Å²) in [6, 6.07) is 14.1. The van der Waals surface area contributed by atoms with Crippen LogP contribution < -0.4 is 4.90 Å². The number of nitro benzene ring substituents is 1. The molecule has 1 N–H and O–H groups in total. The van der Waals surface area contributed by atoms with Crippen molar-refractivity contribution in [3.8, 4) is 0 Å². The number of nitro groups is 1. The van der Waals surface area contributed by atoms with Gasteiger partial charge in [-0.15, -0.1) is 0 Å². The Morgan fingerprint density at radius 2 is 1.62 bits per heavy atom. The van der Waals surface area contributed by atoms with Crippen LogP contribution in [0.15, 0.2) is 78.4 Å². The second-order valence-electron chi connectivity index (χ2n) is 6.98.